The molecule has 0 saturated carbocycles. The number of hydrogen-bond acceptors (Lipinski definition) is 5. The molecule has 7 heteroatoms. The summed E-state index contributed by atoms with van der Waals surface area (Å²) in [4.78, 5) is 2.10. The molecule has 6 nitrogen and oxygen atoms in total. The normalized spacial score (nSPS) is 34.9. The van der Waals surface area contributed by atoms with Crippen LogP contribution in [0.15, 0.2) is 5.16 Å². The van der Waals surface area contributed by atoms with E-state index in [2.05, 4.69) is 10.1 Å². The number of sulfone groups is 1. The summed E-state index contributed by atoms with van der Waals surface area (Å²) in [7, 11) is -2.89. The Labute approximate surface area is 101 Å². The quantitative estimate of drug-likeness (QED) is 0.310. The van der Waals surface area contributed by atoms with E-state index >= 15 is 0 Å². The van der Waals surface area contributed by atoms with Crippen molar-refractivity contribution in [2.24, 2.45) is 10.9 Å². The Morgan fingerprint density at radius 2 is 2.12 bits per heavy atom. The van der Waals surface area contributed by atoms with Crippen LogP contribution < -0.4 is 5.73 Å². The number of hydrogen-bond donors (Lipinski definition) is 2. The molecule has 0 aromatic heterocycles. The molecule has 2 saturated heterocycles. The lowest BCUT2D eigenvalue weighted by Gasteiger charge is -2.38. The van der Waals surface area contributed by atoms with Gasteiger partial charge in [0, 0.05) is 6.04 Å². The Hall–Kier alpha value is -0.820. The molecule has 3 N–H and O–H groups in total. The first kappa shape index (κ1) is 12.6. The smallest absolute Gasteiger partial charge is 0.156 e. The SMILES string of the molecule is NC(=NO)C1CCCCN1C1CCS(=O)(=O)C1. The third-order valence-corrected chi connectivity index (χ3v) is 5.43. The molecule has 0 aromatic carbocycles. The van der Waals surface area contributed by atoms with Crippen molar-refractivity contribution in [3.05, 3.63) is 0 Å². The van der Waals surface area contributed by atoms with E-state index in [0.717, 1.165) is 25.8 Å². The standard InChI is InChI=1S/C10H19N3O3S/c11-10(12-14)9-3-1-2-5-13(9)8-4-6-17(15,16)7-8/h8-9,14H,1-7H2,(H2,11,12). The van der Waals surface area contributed by atoms with Gasteiger partial charge in [-0.15, -0.1) is 0 Å². The second-order valence-corrected chi connectivity index (χ2v) is 7.06. The minimum absolute atomic E-state index is 0.0330. The molecule has 2 heterocycles. The van der Waals surface area contributed by atoms with Crippen LogP contribution in [0.3, 0.4) is 0 Å². The van der Waals surface area contributed by atoms with E-state index < -0.39 is 9.84 Å². The maximum Gasteiger partial charge on any atom is 0.156 e. The van der Waals surface area contributed by atoms with Crippen LogP contribution >= 0.6 is 0 Å². The highest BCUT2D eigenvalue weighted by Gasteiger charge is 2.37. The fraction of sp³-hybridized carbons (Fsp3) is 0.900. The molecule has 98 valence electrons. The zero-order valence-electron chi connectivity index (χ0n) is 9.75. The van der Waals surface area contributed by atoms with E-state index in [1.807, 2.05) is 0 Å². The molecule has 0 bridgehead atoms. The van der Waals surface area contributed by atoms with E-state index in [4.69, 9.17) is 10.9 Å². The van der Waals surface area contributed by atoms with Gasteiger partial charge in [0.25, 0.3) is 0 Å². The highest BCUT2D eigenvalue weighted by atomic mass is 32.2. The van der Waals surface area contributed by atoms with Crippen molar-refractivity contribution in [2.45, 2.75) is 37.8 Å². The van der Waals surface area contributed by atoms with Gasteiger partial charge in [0.15, 0.2) is 15.7 Å². The minimum atomic E-state index is -2.89. The van der Waals surface area contributed by atoms with E-state index in [1.54, 1.807) is 0 Å². The first-order chi connectivity index (χ1) is 8.03. The van der Waals surface area contributed by atoms with E-state index in [9.17, 15) is 8.42 Å². The van der Waals surface area contributed by atoms with Crippen LogP contribution in [0.25, 0.3) is 0 Å². The van der Waals surface area contributed by atoms with Gasteiger partial charge in [0.05, 0.1) is 17.5 Å². The summed E-state index contributed by atoms with van der Waals surface area (Å²) < 4.78 is 23.0. The van der Waals surface area contributed by atoms with Crippen molar-refractivity contribution >= 4 is 15.7 Å². The third kappa shape index (κ3) is 2.71. The van der Waals surface area contributed by atoms with Gasteiger partial charge < -0.3 is 10.9 Å². The highest BCUT2D eigenvalue weighted by Crippen LogP contribution is 2.25. The van der Waals surface area contributed by atoms with E-state index in [1.165, 1.54) is 0 Å². The molecule has 0 aromatic rings. The molecule has 2 fully saturated rings. The van der Waals surface area contributed by atoms with Crippen LogP contribution in [0, 0.1) is 0 Å². The summed E-state index contributed by atoms with van der Waals surface area (Å²) in [6.07, 6.45) is 3.59. The molecule has 2 rings (SSSR count). The molecule has 2 unspecified atom stereocenters. The van der Waals surface area contributed by atoms with E-state index in [-0.39, 0.29) is 29.4 Å². The second kappa shape index (κ2) is 4.81. The van der Waals surface area contributed by atoms with Gasteiger partial charge in [-0.05, 0) is 25.8 Å². The van der Waals surface area contributed by atoms with Crippen LogP contribution in [0.5, 0.6) is 0 Å². The van der Waals surface area contributed by atoms with Crippen molar-refractivity contribution in [1.29, 1.82) is 0 Å². The van der Waals surface area contributed by atoms with Gasteiger partial charge in [-0.3, -0.25) is 4.90 Å². The average Bonchev–Trinajstić information content (AvgIpc) is 2.68. The molecule has 0 aliphatic carbocycles. The molecule has 0 radical (unpaired) electrons. The van der Waals surface area contributed by atoms with Gasteiger partial charge in [-0.25, -0.2) is 8.42 Å². The maximum absolute atomic E-state index is 11.5. The first-order valence-electron chi connectivity index (χ1n) is 5.97. The van der Waals surface area contributed by atoms with Crippen LogP contribution in [-0.2, 0) is 9.84 Å². The molecule has 2 aliphatic rings. The molecular formula is C10H19N3O3S. The Bertz CT molecular complexity index is 407. The fourth-order valence-electron chi connectivity index (χ4n) is 2.81. The number of nitrogens with zero attached hydrogens (tertiary/aromatic N) is 2. The Morgan fingerprint density at radius 3 is 2.71 bits per heavy atom. The predicted molar refractivity (Wildman–Crippen MR) is 64.8 cm³/mol. The lowest BCUT2D eigenvalue weighted by atomic mass is 9.98. The van der Waals surface area contributed by atoms with Gasteiger partial charge >= 0.3 is 0 Å². The summed E-state index contributed by atoms with van der Waals surface area (Å²) in [6.45, 7) is 0.834. The lowest BCUT2D eigenvalue weighted by Crippen LogP contribution is -2.52. The number of likely N-dealkylation sites (tertiary alicyclic amines) is 1. The van der Waals surface area contributed by atoms with Crippen molar-refractivity contribution in [3.8, 4) is 0 Å². The highest BCUT2D eigenvalue weighted by molar-refractivity contribution is 7.91. The number of piperidine rings is 1. The van der Waals surface area contributed by atoms with E-state index in [0.29, 0.717) is 6.42 Å². The molecule has 2 atom stereocenters. The van der Waals surface area contributed by atoms with Crippen molar-refractivity contribution in [2.75, 3.05) is 18.1 Å². The molecule has 0 spiro atoms. The monoisotopic (exact) mass is 261 g/mol. The van der Waals surface area contributed by atoms with Gasteiger partial charge in [-0.1, -0.05) is 11.6 Å². The molecule has 0 amide bonds. The third-order valence-electron chi connectivity index (χ3n) is 3.68. The lowest BCUT2D eigenvalue weighted by molar-refractivity contribution is 0.141. The number of oxime groups is 1. The summed E-state index contributed by atoms with van der Waals surface area (Å²) >= 11 is 0. The number of nitrogens with two attached hydrogens (primary N) is 1. The first-order valence-corrected chi connectivity index (χ1v) is 7.79. The number of rotatable bonds is 2. The van der Waals surface area contributed by atoms with Gasteiger partial charge in [0.1, 0.15) is 0 Å². The molecule has 17 heavy (non-hydrogen) atoms. The topological polar surface area (TPSA) is 96.0 Å². The van der Waals surface area contributed by atoms with Crippen molar-refractivity contribution in [1.82, 2.24) is 4.90 Å². The van der Waals surface area contributed by atoms with Gasteiger partial charge in [-0.2, -0.15) is 0 Å². The maximum atomic E-state index is 11.5. The van der Waals surface area contributed by atoms with Crippen molar-refractivity contribution in [3.63, 3.8) is 0 Å². The van der Waals surface area contributed by atoms with Crippen LogP contribution in [-0.4, -0.2) is 54.5 Å². The molecule has 2 aliphatic heterocycles. The Kier molecular flexibility index (Phi) is 3.58. The zero-order valence-corrected chi connectivity index (χ0v) is 10.6. The Balaban J connectivity index is 2.12. The average molecular weight is 261 g/mol. The van der Waals surface area contributed by atoms with Crippen LogP contribution in [0.2, 0.25) is 0 Å². The van der Waals surface area contributed by atoms with Crippen LogP contribution in [0.4, 0.5) is 0 Å². The summed E-state index contributed by atoms with van der Waals surface area (Å²) in [5.74, 6) is 0.674. The minimum Gasteiger partial charge on any atom is -0.409 e. The molecular weight excluding hydrogens is 242 g/mol. The zero-order chi connectivity index (χ0) is 12.5. The Morgan fingerprint density at radius 1 is 1.35 bits per heavy atom. The largest absolute Gasteiger partial charge is 0.409 e. The number of amidine groups is 1. The van der Waals surface area contributed by atoms with Crippen molar-refractivity contribution < 1.29 is 13.6 Å². The van der Waals surface area contributed by atoms with Crippen LogP contribution in [0.1, 0.15) is 25.7 Å². The summed E-state index contributed by atoms with van der Waals surface area (Å²) in [5, 5.41) is 11.8. The predicted octanol–water partition coefficient (Wildman–Crippen LogP) is -0.226. The second-order valence-electron chi connectivity index (χ2n) is 4.83. The summed E-state index contributed by atoms with van der Waals surface area (Å²) in [5.41, 5.74) is 5.68. The summed E-state index contributed by atoms with van der Waals surface area (Å²) in [6, 6.07) is -0.0716. The fourth-order valence-corrected chi connectivity index (χ4v) is 4.55. The van der Waals surface area contributed by atoms with Gasteiger partial charge in [0.2, 0.25) is 0 Å².